The molecular weight excluding hydrogens is 435 g/mol. The van der Waals surface area contributed by atoms with Crippen molar-refractivity contribution in [3.8, 4) is 11.1 Å². The molecule has 0 aliphatic carbocycles. The van der Waals surface area contributed by atoms with E-state index >= 15 is 0 Å². The average molecular weight is 453 g/mol. The standard InChI is InChI=1S/C24H18Cl2N2O3/c1-13-8-14(2)10-15(9-13)12-28-23(29)22-20(16-5-6-18(25)19(26)11-16)17-4-3-7-27-21(17)24(30)31-22/h3-11H,12H2,1-2H3,(H,28,29). The van der Waals surface area contributed by atoms with Gasteiger partial charge < -0.3 is 9.73 Å². The molecule has 7 heteroatoms. The van der Waals surface area contributed by atoms with E-state index in [1.54, 1.807) is 30.3 Å². The minimum Gasteiger partial charge on any atom is -0.415 e. The fraction of sp³-hybridized carbons (Fsp3) is 0.125. The van der Waals surface area contributed by atoms with Crippen LogP contribution in [0.5, 0.6) is 0 Å². The number of pyridine rings is 1. The van der Waals surface area contributed by atoms with Crippen LogP contribution < -0.4 is 10.9 Å². The van der Waals surface area contributed by atoms with Crippen LogP contribution in [0.3, 0.4) is 0 Å². The Bertz CT molecular complexity index is 1360. The Kier molecular flexibility index (Phi) is 5.81. The van der Waals surface area contributed by atoms with Crippen molar-refractivity contribution in [3.63, 3.8) is 0 Å². The normalized spacial score (nSPS) is 11.0. The van der Waals surface area contributed by atoms with Gasteiger partial charge in [0.2, 0.25) is 5.76 Å². The van der Waals surface area contributed by atoms with Gasteiger partial charge >= 0.3 is 5.63 Å². The maximum atomic E-state index is 13.1. The van der Waals surface area contributed by atoms with Gasteiger partial charge in [-0.05, 0) is 43.2 Å². The number of hydrogen-bond acceptors (Lipinski definition) is 4. The van der Waals surface area contributed by atoms with Crippen molar-refractivity contribution in [2.24, 2.45) is 0 Å². The van der Waals surface area contributed by atoms with Crippen LogP contribution in [0.25, 0.3) is 22.0 Å². The van der Waals surface area contributed by atoms with E-state index in [-0.39, 0.29) is 17.8 Å². The minimum atomic E-state index is -0.684. The monoisotopic (exact) mass is 452 g/mol. The predicted molar refractivity (Wildman–Crippen MR) is 123 cm³/mol. The van der Waals surface area contributed by atoms with Crippen molar-refractivity contribution in [2.75, 3.05) is 0 Å². The second kappa shape index (κ2) is 8.53. The van der Waals surface area contributed by atoms with Crippen LogP contribution in [0.4, 0.5) is 0 Å². The van der Waals surface area contributed by atoms with Crippen LogP contribution in [0, 0.1) is 13.8 Å². The molecule has 0 bridgehead atoms. The Morgan fingerprint density at radius 3 is 2.48 bits per heavy atom. The zero-order chi connectivity index (χ0) is 22.1. The molecule has 0 atom stereocenters. The molecule has 1 N–H and O–H groups in total. The Hall–Kier alpha value is -3.15. The average Bonchev–Trinajstić information content (AvgIpc) is 2.73. The van der Waals surface area contributed by atoms with Crippen molar-refractivity contribution < 1.29 is 9.21 Å². The third kappa shape index (κ3) is 4.33. The summed E-state index contributed by atoms with van der Waals surface area (Å²) < 4.78 is 5.44. The summed E-state index contributed by atoms with van der Waals surface area (Å²) in [5.74, 6) is -0.614. The number of aromatic nitrogens is 1. The van der Waals surface area contributed by atoms with Gasteiger partial charge in [-0.3, -0.25) is 4.79 Å². The molecule has 2 heterocycles. The van der Waals surface area contributed by atoms with E-state index < -0.39 is 11.5 Å². The number of aryl methyl sites for hydroxylation is 2. The van der Waals surface area contributed by atoms with E-state index in [4.69, 9.17) is 27.6 Å². The highest BCUT2D eigenvalue weighted by Crippen LogP contribution is 2.34. The number of carbonyl (C=O) groups excluding carboxylic acids is 1. The van der Waals surface area contributed by atoms with Gasteiger partial charge in [0.15, 0.2) is 5.52 Å². The van der Waals surface area contributed by atoms with Gasteiger partial charge in [-0.15, -0.1) is 0 Å². The fourth-order valence-corrected chi connectivity index (χ4v) is 3.91. The number of carbonyl (C=O) groups is 1. The van der Waals surface area contributed by atoms with Gasteiger partial charge in [0.1, 0.15) is 0 Å². The topological polar surface area (TPSA) is 72.2 Å². The number of benzene rings is 2. The summed E-state index contributed by atoms with van der Waals surface area (Å²) in [6, 6.07) is 14.4. The molecule has 0 aliphatic heterocycles. The molecule has 0 saturated heterocycles. The molecule has 2 aromatic carbocycles. The molecule has 5 nitrogen and oxygen atoms in total. The maximum absolute atomic E-state index is 13.1. The van der Waals surface area contributed by atoms with Crippen LogP contribution in [0.15, 0.2) is 63.9 Å². The second-order valence-corrected chi connectivity index (χ2v) is 8.12. The van der Waals surface area contributed by atoms with Crippen LogP contribution in [-0.4, -0.2) is 10.9 Å². The van der Waals surface area contributed by atoms with Gasteiger partial charge in [-0.2, -0.15) is 0 Å². The third-order valence-corrected chi connectivity index (χ3v) is 5.58. The van der Waals surface area contributed by atoms with Crippen molar-refractivity contribution in [2.45, 2.75) is 20.4 Å². The Morgan fingerprint density at radius 2 is 1.77 bits per heavy atom. The maximum Gasteiger partial charge on any atom is 0.363 e. The highest BCUT2D eigenvalue weighted by Gasteiger charge is 2.22. The smallest absolute Gasteiger partial charge is 0.363 e. The number of fused-ring (bicyclic) bond motifs is 1. The van der Waals surface area contributed by atoms with E-state index in [0.717, 1.165) is 16.7 Å². The lowest BCUT2D eigenvalue weighted by Crippen LogP contribution is -2.25. The lowest BCUT2D eigenvalue weighted by molar-refractivity contribution is 0.0920. The van der Waals surface area contributed by atoms with Crippen LogP contribution in [-0.2, 0) is 6.54 Å². The van der Waals surface area contributed by atoms with Crippen LogP contribution >= 0.6 is 23.2 Å². The quantitative estimate of drug-likeness (QED) is 0.430. The minimum absolute atomic E-state index is 0.103. The van der Waals surface area contributed by atoms with Gasteiger partial charge in [-0.25, -0.2) is 9.78 Å². The Morgan fingerprint density at radius 1 is 1.03 bits per heavy atom. The Balaban J connectivity index is 1.81. The van der Waals surface area contributed by atoms with Crippen molar-refractivity contribution >= 4 is 40.0 Å². The first kappa shape index (κ1) is 21.1. The van der Waals surface area contributed by atoms with Gasteiger partial charge in [-0.1, -0.05) is 64.7 Å². The summed E-state index contributed by atoms with van der Waals surface area (Å²) in [5.41, 5.74) is 3.62. The van der Waals surface area contributed by atoms with E-state index in [0.29, 0.717) is 26.6 Å². The molecule has 1 amide bonds. The zero-order valence-electron chi connectivity index (χ0n) is 16.8. The summed E-state index contributed by atoms with van der Waals surface area (Å²) in [6.45, 7) is 4.28. The summed E-state index contributed by atoms with van der Waals surface area (Å²) in [6.07, 6.45) is 1.50. The Labute approximate surface area is 188 Å². The van der Waals surface area contributed by atoms with E-state index in [1.165, 1.54) is 6.20 Å². The summed E-state index contributed by atoms with van der Waals surface area (Å²) in [4.78, 5) is 29.7. The first-order chi connectivity index (χ1) is 14.8. The van der Waals surface area contributed by atoms with Gasteiger partial charge in [0.05, 0.1) is 10.0 Å². The molecular formula is C24H18Cl2N2O3. The zero-order valence-corrected chi connectivity index (χ0v) is 18.3. The SMILES string of the molecule is Cc1cc(C)cc(CNC(=O)c2oc(=O)c3ncccc3c2-c2ccc(Cl)c(Cl)c2)c1. The number of nitrogens with one attached hydrogen (secondary N) is 1. The summed E-state index contributed by atoms with van der Waals surface area (Å²) in [7, 11) is 0. The highest BCUT2D eigenvalue weighted by atomic mass is 35.5. The third-order valence-electron chi connectivity index (χ3n) is 4.84. The molecule has 4 aromatic rings. The lowest BCUT2D eigenvalue weighted by atomic mass is 9.99. The molecule has 2 aromatic heterocycles. The molecule has 156 valence electrons. The summed E-state index contributed by atoms with van der Waals surface area (Å²) >= 11 is 12.3. The van der Waals surface area contributed by atoms with Crippen LogP contribution in [0.2, 0.25) is 10.0 Å². The first-order valence-electron chi connectivity index (χ1n) is 9.56. The lowest BCUT2D eigenvalue weighted by Gasteiger charge is -2.13. The fourth-order valence-electron chi connectivity index (χ4n) is 3.62. The first-order valence-corrected chi connectivity index (χ1v) is 10.3. The summed E-state index contributed by atoms with van der Waals surface area (Å²) in [5, 5.41) is 4.04. The molecule has 0 radical (unpaired) electrons. The molecule has 0 saturated carbocycles. The van der Waals surface area contributed by atoms with E-state index in [1.807, 2.05) is 26.0 Å². The van der Waals surface area contributed by atoms with Gasteiger partial charge in [0.25, 0.3) is 5.91 Å². The molecule has 0 spiro atoms. The number of halogens is 2. The molecule has 0 aliphatic rings. The van der Waals surface area contributed by atoms with Crippen LogP contribution in [0.1, 0.15) is 27.2 Å². The van der Waals surface area contributed by atoms with Crippen molar-refractivity contribution in [3.05, 3.63) is 97.6 Å². The number of hydrogen-bond donors (Lipinski definition) is 1. The van der Waals surface area contributed by atoms with Crippen molar-refractivity contribution in [1.29, 1.82) is 0 Å². The number of amides is 1. The van der Waals surface area contributed by atoms with Gasteiger partial charge in [0, 0.05) is 23.7 Å². The number of nitrogens with zero attached hydrogens (tertiary/aromatic N) is 1. The van der Waals surface area contributed by atoms with E-state index in [9.17, 15) is 9.59 Å². The van der Waals surface area contributed by atoms with Crippen molar-refractivity contribution in [1.82, 2.24) is 10.3 Å². The highest BCUT2D eigenvalue weighted by molar-refractivity contribution is 6.42. The van der Waals surface area contributed by atoms with E-state index in [2.05, 4.69) is 16.4 Å². The largest absolute Gasteiger partial charge is 0.415 e. The molecule has 4 rings (SSSR count). The number of rotatable bonds is 4. The predicted octanol–water partition coefficient (Wildman–Crippen LogP) is 5.71. The molecule has 0 fully saturated rings. The second-order valence-electron chi connectivity index (χ2n) is 7.30. The molecule has 31 heavy (non-hydrogen) atoms. The molecule has 0 unspecified atom stereocenters.